The molecule has 1 amide bonds. The Balaban J connectivity index is 2.09. The molecule has 1 saturated heterocycles. The number of aliphatic hydroxyl groups excluding tert-OH is 1. The summed E-state index contributed by atoms with van der Waals surface area (Å²) in [5, 5.41) is 11.8. The van der Waals surface area contributed by atoms with Gasteiger partial charge < -0.3 is 15.3 Å². The number of aromatic nitrogens is 1. The molecule has 0 bridgehead atoms. The van der Waals surface area contributed by atoms with E-state index in [4.69, 9.17) is 5.11 Å². The molecule has 2 rings (SSSR count). The third-order valence-corrected chi connectivity index (χ3v) is 3.33. The molecule has 5 nitrogen and oxygen atoms in total. The van der Waals surface area contributed by atoms with Gasteiger partial charge in [0, 0.05) is 25.0 Å². The van der Waals surface area contributed by atoms with E-state index < -0.39 is 0 Å². The number of nitrogens with one attached hydrogen (secondary N) is 1. The molecule has 20 heavy (non-hydrogen) atoms. The van der Waals surface area contributed by atoms with Crippen LogP contribution in [0.5, 0.6) is 0 Å². The summed E-state index contributed by atoms with van der Waals surface area (Å²) in [6, 6.07) is 1.83. The number of aliphatic hydroxyl groups is 1. The highest BCUT2D eigenvalue weighted by Crippen LogP contribution is 2.10. The molecule has 1 aliphatic rings. The second-order valence-corrected chi connectivity index (χ2v) is 4.96. The Bertz CT molecular complexity index is 533. The van der Waals surface area contributed by atoms with Gasteiger partial charge in [-0.2, -0.15) is 0 Å². The summed E-state index contributed by atoms with van der Waals surface area (Å²) >= 11 is 0. The lowest BCUT2D eigenvalue weighted by atomic mass is 10.0. The second kappa shape index (κ2) is 7.04. The molecule has 1 atom stereocenters. The molecular formula is C15H19N3O2. The summed E-state index contributed by atoms with van der Waals surface area (Å²) in [5.74, 6) is 5.17. The number of nitrogens with zero attached hydrogens (tertiary/aromatic N) is 2. The van der Waals surface area contributed by atoms with Gasteiger partial charge >= 0.3 is 0 Å². The summed E-state index contributed by atoms with van der Waals surface area (Å²) in [7, 11) is 2.06. The summed E-state index contributed by atoms with van der Waals surface area (Å²) in [6.45, 7) is 1.71. The van der Waals surface area contributed by atoms with Crippen molar-refractivity contribution in [3.8, 4) is 11.8 Å². The van der Waals surface area contributed by atoms with Crippen LogP contribution in [0.15, 0.2) is 18.5 Å². The molecule has 5 heteroatoms. The third-order valence-electron chi connectivity index (χ3n) is 3.33. The molecule has 0 radical (unpaired) electrons. The van der Waals surface area contributed by atoms with Crippen molar-refractivity contribution in [3.63, 3.8) is 0 Å². The van der Waals surface area contributed by atoms with Crippen molar-refractivity contribution in [1.82, 2.24) is 15.2 Å². The fraction of sp³-hybridized carbons (Fsp3) is 0.467. The van der Waals surface area contributed by atoms with Crippen LogP contribution in [-0.4, -0.2) is 53.7 Å². The average molecular weight is 273 g/mol. The normalized spacial score (nSPS) is 19.0. The lowest BCUT2D eigenvalue weighted by Crippen LogP contribution is -2.46. The molecule has 0 spiro atoms. The maximum absolute atomic E-state index is 12.3. The summed E-state index contributed by atoms with van der Waals surface area (Å²) < 4.78 is 0. The van der Waals surface area contributed by atoms with Crippen molar-refractivity contribution in [2.75, 3.05) is 26.7 Å². The minimum atomic E-state index is -0.233. The molecule has 1 aromatic rings. The molecule has 0 aliphatic carbocycles. The van der Waals surface area contributed by atoms with Gasteiger partial charge in [0.2, 0.25) is 0 Å². The lowest BCUT2D eigenvalue weighted by Gasteiger charge is -2.30. The topological polar surface area (TPSA) is 65.5 Å². The monoisotopic (exact) mass is 273 g/mol. The van der Waals surface area contributed by atoms with Gasteiger partial charge in [0.05, 0.1) is 11.1 Å². The van der Waals surface area contributed by atoms with Gasteiger partial charge in [-0.05, 0) is 32.5 Å². The van der Waals surface area contributed by atoms with E-state index in [-0.39, 0.29) is 18.6 Å². The van der Waals surface area contributed by atoms with Gasteiger partial charge in [-0.3, -0.25) is 9.78 Å². The fourth-order valence-electron chi connectivity index (χ4n) is 2.37. The van der Waals surface area contributed by atoms with Crippen LogP contribution in [0.2, 0.25) is 0 Å². The Morgan fingerprint density at radius 2 is 2.50 bits per heavy atom. The van der Waals surface area contributed by atoms with E-state index in [0.717, 1.165) is 25.9 Å². The number of carbonyl (C=O) groups excluding carboxylic acids is 1. The number of amides is 1. The van der Waals surface area contributed by atoms with E-state index >= 15 is 0 Å². The maximum Gasteiger partial charge on any atom is 0.252 e. The van der Waals surface area contributed by atoms with E-state index in [2.05, 4.69) is 34.1 Å². The van der Waals surface area contributed by atoms with Crippen molar-refractivity contribution in [2.24, 2.45) is 0 Å². The highest BCUT2D eigenvalue weighted by Gasteiger charge is 2.20. The molecule has 1 aliphatic heterocycles. The Morgan fingerprint density at radius 1 is 1.65 bits per heavy atom. The first-order valence-corrected chi connectivity index (χ1v) is 6.74. The van der Waals surface area contributed by atoms with Crippen molar-refractivity contribution < 1.29 is 9.90 Å². The van der Waals surface area contributed by atoms with E-state index in [0.29, 0.717) is 11.1 Å². The van der Waals surface area contributed by atoms with E-state index in [1.54, 1.807) is 18.5 Å². The van der Waals surface area contributed by atoms with Crippen LogP contribution in [0.3, 0.4) is 0 Å². The zero-order valence-electron chi connectivity index (χ0n) is 11.6. The van der Waals surface area contributed by atoms with Crippen LogP contribution in [0.4, 0.5) is 0 Å². The largest absolute Gasteiger partial charge is 0.384 e. The predicted molar refractivity (Wildman–Crippen MR) is 76.2 cm³/mol. The Morgan fingerprint density at radius 3 is 3.25 bits per heavy atom. The van der Waals surface area contributed by atoms with Crippen LogP contribution in [-0.2, 0) is 0 Å². The molecule has 0 saturated carbocycles. The quantitative estimate of drug-likeness (QED) is 0.758. The van der Waals surface area contributed by atoms with Crippen LogP contribution >= 0.6 is 0 Å². The SMILES string of the molecule is CN1CCCC(NC(=O)c2ccncc2C#CCO)C1. The second-order valence-electron chi connectivity index (χ2n) is 4.96. The highest BCUT2D eigenvalue weighted by atomic mass is 16.2. The smallest absolute Gasteiger partial charge is 0.252 e. The maximum atomic E-state index is 12.3. The minimum absolute atomic E-state index is 0.130. The molecule has 1 fully saturated rings. The Labute approximate surface area is 119 Å². The van der Waals surface area contributed by atoms with E-state index in [1.165, 1.54) is 0 Å². The third kappa shape index (κ3) is 3.80. The van der Waals surface area contributed by atoms with Gasteiger partial charge in [0.15, 0.2) is 0 Å². The van der Waals surface area contributed by atoms with Gasteiger partial charge in [-0.15, -0.1) is 0 Å². The number of carbonyl (C=O) groups is 1. The molecule has 2 N–H and O–H groups in total. The number of likely N-dealkylation sites (N-methyl/N-ethyl adjacent to an activating group) is 1. The van der Waals surface area contributed by atoms with Gasteiger partial charge in [0.1, 0.15) is 6.61 Å². The molecule has 2 heterocycles. The average Bonchev–Trinajstić information content (AvgIpc) is 2.45. The van der Waals surface area contributed by atoms with Gasteiger partial charge in [0.25, 0.3) is 5.91 Å². The number of piperidine rings is 1. The molecule has 0 aromatic carbocycles. The number of likely N-dealkylation sites (tertiary alicyclic amines) is 1. The van der Waals surface area contributed by atoms with Crippen LogP contribution in [0.25, 0.3) is 0 Å². The van der Waals surface area contributed by atoms with Crippen LogP contribution < -0.4 is 5.32 Å². The Kier molecular flexibility index (Phi) is 5.10. The zero-order chi connectivity index (χ0) is 14.4. The summed E-state index contributed by atoms with van der Waals surface area (Å²) in [4.78, 5) is 18.5. The van der Waals surface area contributed by atoms with Crippen molar-refractivity contribution in [1.29, 1.82) is 0 Å². The molecule has 106 valence electrons. The fourth-order valence-corrected chi connectivity index (χ4v) is 2.37. The zero-order valence-corrected chi connectivity index (χ0v) is 11.6. The summed E-state index contributed by atoms with van der Waals surface area (Å²) in [5.41, 5.74) is 1.05. The van der Waals surface area contributed by atoms with Crippen LogP contribution in [0.1, 0.15) is 28.8 Å². The van der Waals surface area contributed by atoms with Crippen molar-refractivity contribution in [3.05, 3.63) is 29.6 Å². The lowest BCUT2D eigenvalue weighted by molar-refractivity contribution is 0.0912. The molecular weight excluding hydrogens is 254 g/mol. The van der Waals surface area contributed by atoms with E-state index in [9.17, 15) is 4.79 Å². The van der Waals surface area contributed by atoms with Gasteiger partial charge in [-0.25, -0.2) is 0 Å². The molecule has 1 unspecified atom stereocenters. The minimum Gasteiger partial charge on any atom is -0.384 e. The first-order valence-electron chi connectivity index (χ1n) is 6.74. The van der Waals surface area contributed by atoms with Crippen molar-refractivity contribution in [2.45, 2.75) is 18.9 Å². The number of hydrogen-bond acceptors (Lipinski definition) is 4. The predicted octanol–water partition coefficient (Wildman–Crippen LogP) is 0.249. The van der Waals surface area contributed by atoms with E-state index in [1.807, 2.05) is 0 Å². The van der Waals surface area contributed by atoms with Gasteiger partial charge in [-0.1, -0.05) is 11.8 Å². The first-order chi connectivity index (χ1) is 9.70. The summed E-state index contributed by atoms with van der Waals surface area (Å²) in [6.07, 6.45) is 5.21. The molecule has 1 aromatic heterocycles. The van der Waals surface area contributed by atoms with Crippen molar-refractivity contribution >= 4 is 5.91 Å². The number of rotatable bonds is 2. The first kappa shape index (κ1) is 14.5. The number of pyridine rings is 1. The standard InChI is InChI=1S/C15H19N3O2/c1-18-8-2-5-13(11-18)17-15(20)14-6-7-16-10-12(14)4-3-9-19/h6-7,10,13,19H,2,5,8-9,11H2,1H3,(H,17,20). The highest BCUT2D eigenvalue weighted by molar-refractivity contribution is 5.96. The Hall–Kier alpha value is -1.90. The van der Waals surface area contributed by atoms with Crippen LogP contribution in [0, 0.1) is 11.8 Å². The number of hydrogen-bond donors (Lipinski definition) is 2.